The molecule has 0 bridgehead atoms. The number of fused-ring (bicyclic) bond motifs is 2. The summed E-state index contributed by atoms with van der Waals surface area (Å²) in [5.41, 5.74) is 3.82. The SMILES string of the molecule is Cc1ccc2nc(NC(=O)[C@@H]3CC(=O)N(CCc4c[nH]c5ccc(F)cc45)C3)sc2c1. The molecule has 158 valence electrons. The van der Waals surface area contributed by atoms with Crippen LogP contribution in [0.15, 0.2) is 42.6 Å². The minimum absolute atomic E-state index is 0.0360. The summed E-state index contributed by atoms with van der Waals surface area (Å²) < 4.78 is 14.6. The monoisotopic (exact) mass is 436 g/mol. The van der Waals surface area contributed by atoms with Gasteiger partial charge in [0.15, 0.2) is 5.13 Å². The van der Waals surface area contributed by atoms with Crippen LogP contribution in [-0.4, -0.2) is 39.8 Å². The number of aromatic amines is 1. The van der Waals surface area contributed by atoms with E-state index in [0.29, 0.717) is 24.6 Å². The number of thiazole rings is 1. The number of hydrogen-bond donors (Lipinski definition) is 2. The predicted molar refractivity (Wildman–Crippen MR) is 120 cm³/mol. The van der Waals surface area contributed by atoms with E-state index in [4.69, 9.17) is 0 Å². The van der Waals surface area contributed by atoms with Crippen molar-refractivity contribution in [3.05, 3.63) is 59.5 Å². The number of halogens is 1. The molecule has 0 saturated carbocycles. The van der Waals surface area contributed by atoms with Crippen LogP contribution in [0, 0.1) is 18.7 Å². The van der Waals surface area contributed by atoms with Crippen molar-refractivity contribution in [2.75, 3.05) is 18.4 Å². The lowest BCUT2D eigenvalue weighted by molar-refractivity contribution is -0.128. The topological polar surface area (TPSA) is 78.1 Å². The lowest BCUT2D eigenvalue weighted by atomic mass is 10.1. The third-order valence-corrected chi connectivity index (χ3v) is 6.67. The zero-order valence-corrected chi connectivity index (χ0v) is 17.8. The molecule has 1 saturated heterocycles. The molecule has 6 nitrogen and oxygen atoms in total. The van der Waals surface area contributed by atoms with Crippen LogP contribution in [0.2, 0.25) is 0 Å². The maximum atomic E-state index is 13.6. The van der Waals surface area contributed by atoms with Crippen molar-refractivity contribution in [2.24, 2.45) is 5.92 Å². The molecular weight excluding hydrogens is 415 g/mol. The number of aromatic nitrogens is 2. The van der Waals surface area contributed by atoms with E-state index in [1.165, 1.54) is 23.5 Å². The molecule has 31 heavy (non-hydrogen) atoms. The molecule has 0 radical (unpaired) electrons. The number of nitrogens with one attached hydrogen (secondary N) is 2. The molecule has 4 aromatic rings. The zero-order valence-electron chi connectivity index (χ0n) is 16.9. The van der Waals surface area contributed by atoms with Gasteiger partial charge in [-0.3, -0.25) is 9.59 Å². The average Bonchev–Trinajstić information content (AvgIpc) is 3.42. The first-order valence-corrected chi connectivity index (χ1v) is 11.0. The predicted octanol–water partition coefficient (Wildman–Crippen LogP) is 4.25. The minimum Gasteiger partial charge on any atom is -0.361 e. The molecule has 3 heterocycles. The normalized spacial score (nSPS) is 16.5. The van der Waals surface area contributed by atoms with Crippen molar-refractivity contribution in [3.8, 4) is 0 Å². The summed E-state index contributed by atoms with van der Waals surface area (Å²) in [6.45, 7) is 2.89. The van der Waals surface area contributed by atoms with Gasteiger partial charge in [0.05, 0.1) is 16.1 Å². The Balaban J connectivity index is 1.22. The molecule has 0 unspecified atom stereocenters. The molecule has 1 atom stereocenters. The number of likely N-dealkylation sites (tertiary alicyclic amines) is 1. The van der Waals surface area contributed by atoms with Crippen LogP contribution in [0.1, 0.15) is 17.5 Å². The summed E-state index contributed by atoms with van der Waals surface area (Å²) in [5, 5.41) is 4.26. The van der Waals surface area contributed by atoms with Gasteiger partial charge in [-0.1, -0.05) is 17.4 Å². The van der Waals surface area contributed by atoms with Gasteiger partial charge in [-0.15, -0.1) is 0 Å². The van der Waals surface area contributed by atoms with E-state index in [2.05, 4.69) is 15.3 Å². The molecule has 1 aliphatic heterocycles. The maximum Gasteiger partial charge on any atom is 0.231 e. The molecule has 2 amide bonds. The van der Waals surface area contributed by atoms with Crippen LogP contribution in [0.25, 0.3) is 21.1 Å². The van der Waals surface area contributed by atoms with Crippen molar-refractivity contribution < 1.29 is 14.0 Å². The van der Waals surface area contributed by atoms with Crippen molar-refractivity contribution in [1.29, 1.82) is 0 Å². The Hall–Kier alpha value is -3.26. The average molecular weight is 437 g/mol. The fraction of sp³-hybridized carbons (Fsp3) is 0.261. The summed E-state index contributed by atoms with van der Waals surface area (Å²) in [7, 11) is 0. The third kappa shape index (κ3) is 3.90. The molecule has 2 N–H and O–H groups in total. The highest BCUT2D eigenvalue weighted by atomic mass is 32.1. The van der Waals surface area contributed by atoms with E-state index in [0.717, 1.165) is 32.2 Å². The Bertz CT molecular complexity index is 1310. The van der Waals surface area contributed by atoms with Gasteiger partial charge in [0.2, 0.25) is 11.8 Å². The molecular formula is C23H21FN4O2S. The first-order valence-electron chi connectivity index (χ1n) is 10.2. The Morgan fingerprint density at radius 3 is 3.06 bits per heavy atom. The standard InChI is InChI=1S/C23H21FN4O2S/c1-13-2-4-19-20(8-13)31-23(26-19)27-22(30)15-9-21(29)28(12-15)7-6-14-11-25-18-5-3-16(24)10-17(14)18/h2-5,8,10-11,15,25H,6-7,9,12H2,1H3,(H,26,27,30)/t15-/m1/s1. The highest BCUT2D eigenvalue weighted by molar-refractivity contribution is 7.22. The summed E-state index contributed by atoms with van der Waals surface area (Å²) in [4.78, 5) is 34.5. The van der Waals surface area contributed by atoms with Crippen LogP contribution in [-0.2, 0) is 16.0 Å². The summed E-state index contributed by atoms with van der Waals surface area (Å²) in [6, 6.07) is 10.6. The molecule has 0 aliphatic carbocycles. The Kier molecular flexibility index (Phi) is 4.94. The highest BCUT2D eigenvalue weighted by Gasteiger charge is 2.34. The number of hydrogen-bond acceptors (Lipinski definition) is 4. The van der Waals surface area contributed by atoms with E-state index < -0.39 is 5.92 Å². The first-order chi connectivity index (χ1) is 15.0. The van der Waals surface area contributed by atoms with Crippen molar-refractivity contribution >= 4 is 49.4 Å². The van der Waals surface area contributed by atoms with Crippen LogP contribution >= 0.6 is 11.3 Å². The highest BCUT2D eigenvalue weighted by Crippen LogP contribution is 2.28. The molecule has 2 aromatic heterocycles. The second-order valence-corrected chi connectivity index (χ2v) is 9.00. The number of nitrogens with zero attached hydrogens (tertiary/aromatic N) is 2. The Morgan fingerprint density at radius 1 is 1.32 bits per heavy atom. The van der Waals surface area contributed by atoms with Crippen LogP contribution in [0.3, 0.4) is 0 Å². The van der Waals surface area contributed by atoms with Crippen molar-refractivity contribution in [1.82, 2.24) is 14.9 Å². The lowest BCUT2D eigenvalue weighted by Gasteiger charge is -2.16. The Morgan fingerprint density at radius 2 is 2.19 bits per heavy atom. The van der Waals surface area contributed by atoms with E-state index in [9.17, 15) is 14.0 Å². The molecule has 0 spiro atoms. The minimum atomic E-state index is -0.401. The molecule has 1 fully saturated rings. The van der Waals surface area contributed by atoms with E-state index in [1.54, 1.807) is 11.0 Å². The second kappa shape index (κ2) is 7.77. The van der Waals surface area contributed by atoms with Crippen molar-refractivity contribution in [3.63, 3.8) is 0 Å². The van der Waals surface area contributed by atoms with Crippen LogP contribution in [0.4, 0.5) is 9.52 Å². The number of aryl methyl sites for hydroxylation is 1. The molecule has 5 rings (SSSR count). The lowest BCUT2D eigenvalue weighted by Crippen LogP contribution is -2.29. The Labute approximate surface area is 182 Å². The van der Waals surface area contributed by atoms with Gasteiger partial charge >= 0.3 is 0 Å². The fourth-order valence-corrected chi connectivity index (χ4v) is 5.04. The van der Waals surface area contributed by atoms with Gasteiger partial charge in [0.25, 0.3) is 0 Å². The van der Waals surface area contributed by atoms with Gasteiger partial charge in [-0.05, 0) is 54.8 Å². The number of benzene rings is 2. The smallest absolute Gasteiger partial charge is 0.231 e. The number of anilines is 1. The zero-order chi connectivity index (χ0) is 21.5. The van der Waals surface area contributed by atoms with Crippen LogP contribution < -0.4 is 5.32 Å². The van der Waals surface area contributed by atoms with Gasteiger partial charge in [-0.2, -0.15) is 0 Å². The van der Waals surface area contributed by atoms with Gasteiger partial charge in [-0.25, -0.2) is 9.37 Å². The fourth-order valence-electron chi connectivity index (χ4n) is 4.07. The van der Waals surface area contributed by atoms with Crippen LogP contribution in [0.5, 0.6) is 0 Å². The van der Waals surface area contributed by atoms with E-state index in [1.807, 2.05) is 31.3 Å². The van der Waals surface area contributed by atoms with Gasteiger partial charge in [0, 0.05) is 36.6 Å². The second-order valence-electron chi connectivity index (χ2n) is 7.97. The number of carbonyl (C=O) groups is 2. The summed E-state index contributed by atoms with van der Waals surface area (Å²) >= 11 is 1.44. The third-order valence-electron chi connectivity index (χ3n) is 5.74. The largest absolute Gasteiger partial charge is 0.361 e. The number of rotatable bonds is 5. The van der Waals surface area contributed by atoms with Crippen molar-refractivity contribution in [2.45, 2.75) is 19.8 Å². The number of carbonyl (C=O) groups excluding carboxylic acids is 2. The van der Waals surface area contributed by atoms with Gasteiger partial charge in [0.1, 0.15) is 5.82 Å². The molecule has 1 aliphatic rings. The first kappa shape index (κ1) is 19.7. The van der Waals surface area contributed by atoms with E-state index in [-0.39, 0.29) is 24.1 Å². The molecule has 2 aromatic carbocycles. The number of amides is 2. The quantitative estimate of drug-likeness (QED) is 0.491. The van der Waals surface area contributed by atoms with E-state index >= 15 is 0 Å². The molecule has 8 heteroatoms. The number of H-pyrrole nitrogens is 1. The maximum absolute atomic E-state index is 13.6. The summed E-state index contributed by atoms with van der Waals surface area (Å²) in [6.07, 6.45) is 2.64. The van der Waals surface area contributed by atoms with Gasteiger partial charge < -0.3 is 15.2 Å². The summed E-state index contributed by atoms with van der Waals surface area (Å²) in [5.74, 6) is -0.902.